The Kier molecular flexibility index (Phi) is 5.37. The molecule has 0 aromatic carbocycles. The van der Waals surface area contributed by atoms with Crippen molar-refractivity contribution in [2.24, 2.45) is 0 Å². The minimum atomic E-state index is -3.58. The molecule has 2 heterocycles. The summed E-state index contributed by atoms with van der Waals surface area (Å²) in [7, 11) is -1.95. The number of ether oxygens (including phenoxy) is 1. The molecule has 1 aromatic rings. The van der Waals surface area contributed by atoms with Crippen LogP contribution in [0.3, 0.4) is 0 Å². The van der Waals surface area contributed by atoms with Crippen molar-refractivity contribution < 1.29 is 13.2 Å². The van der Waals surface area contributed by atoms with Crippen LogP contribution in [0.2, 0.25) is 0 Å². The summed E-state index contributed by atoms with van der Waals surface area (Å²) in [6, 6.07) is -0.0206. The van der Waals surface area contributed by atoms with Crippen molar-refractivity contribution in [3.05, 3.63) is 11.3 Å². The van der Waals surface area contributed by atoms with E-state index >= 15 is 0 Å². The van der Waals surface area contributed by atoms with Crippen LogP contribution >= 0.6 is 0 Å². The topological polar surface area (TPSA) is 87.3 Å². The Morgan fingerprint density at radius 1 is 1.43 bits per heavy atom. The molecule has 0 atom stereocenters. The second-order valence-electron chi connectivity index (χ2n) is 5.28. The van der Waals surface area contributed by atoms with E-state index in [0.717, 1.165) is 30.6 Å². The number of nitrogens with zero attached hydrogens (tertiary/aromatic N) is 2. The Morgan fingerprint density at radius 3 is 2.71 bits per heavy atom. The standard InChI is InChI=1S/C13H24N4O3S/c1-4-14-9-12-10(2)15-16-13(12)21(18,19)17(3)11-5-7-20-8-6-11/h11,14H,4-9H2,1-3H3,(H,15,16). The SMILES string of the molecule is CCNCc1c(S(=O)(=O)N(C)C2CCOCC2)n[nH]c1C. The largest absolute Gasteiger partial charge is 0.381 e. The number of sulfonamides is 1. The van der Waals surface area contributed by atoms with Crippen molar-refractivity contribution in [3.8, 4) is 0 Å². The third-order valence-electron chi connectivity index (χ3n) is 3.92. The van der Waals surface area contributed by atoms with E-state index in [0.29, 0.717) is 19.8 Å². The lowest BCUT2D eigenvalue weighted by atomic mass is 10.1. The molecule has 0 radical (unpaired) electrons. The predicted molar refractivity (Wildman–Crippen MR) is 79.5 cm³/mol. The average Bonchev–Trinajstić information content (AvgIpc) is 2.87. The fourth-order valence-electron chi connectivity index (χ4n) is 2.48. The van der Waals surface area contributed by atoms with Crippen LogP contribution in [-0.4, -0.2) is 55.8 Å². The van der Waals surface area contributed by atoms with Crippen molar-refractivity contribution in [1.29, 1.82) is 0 Å². The summed E-state index contributed by atoms with van der Waals surface area (Å²) in [6.45, 7) is 6.31. The Labute approximate surface area is 126 Å². The Balaban J connectivity index is 2.26. The van der Waals surface area contributed by atoms with Gasteiger partial charge in [-0.05, 0) is 26.3 Å². The maximum atomic E-state index is 12.8. The zero-order valence-electron chi connectivity index (χ0n) is 12.8. The average molecular weight is 316 g/mol. The molecule has 2 rings (SSSR count). The number of aryl methyl sites for hydroxylation is 1. The van der Waals surface area contributed by atoms with E-state index in [-0.39, 0.29) is 11.1 Å². The Morgan fingerprint density at radius 2 is 2.10 bits per heavy atom. The summed E-state index contributed by atoms with van der Waals surface area (Å²) in [6.07, 6.45) is 1.45. The second kappa shape index (κ2) is 6.87. The van der Waals surface area contributed by atoms with Crippen LogP contribution in [0.4, 0.5) is 0 Å². The van der Waals surface area contributed by atoms with E-state index in [1.165, 1.54) is 4.31 Å². The van der Waals surface area contributed by atoms with E-state index in [1.54, 1.807) is 7.05 Å². The van der Waals surface area contributed by atoms with Gasteiger partial charge in [0.05, 0.1) is 0 Å². The van der Waals surface area contributed by atoms with Crippen molar-refractivity contribution in [2.45, 2.75) is 44.3 Å². The zero-order valence-corrected chi connectivity index (χ0v) is 13.7. The van der Waals surface area contributed by atoms with Gasteiger partial charge in [-0.25, -0.2) is 8.42 Å². The summed E-state index contributed by atoms with van der Waals surface area (Å²) < 4.78 is 32.3. The van der Waals surface area contributed by atoms with E-state index in [9.17, 15) is 8.42 Å². The second-order valence-corrected chi connectivity index (χ2v) is 7.19. The highest BCUT2D eigenvalue weighted by molar-refractivity contribution is 7.89. The summed E-state index contributed by atoms with van der Waals surface area (Å²) in [4.78, 5) is 0. The molecule has 7 nitrogen and oxygen atoms in total. The molecule has 0 bridgehead atoms. The Bertz CT molecular complexity index is 564. The van der Waals surface area contributed by atoms with Gasteiger partial charge in [0, 0.05) is 44.1 Å². The van der Waals surface area contributed by atoms with Gasteiger partial charge < -0.3 is 10.1 Å². The lowest BCUT2D eigenvalue weighted by molar-refractivity contribution is 0.0631. The molecule has 1 fully saturated rings. The molecule has 0 spiro atoms. The van der Waals surface area contributed by atoms with E-state index in [4.69, 9.17) is 4.74 Å². The smallest absolute Gasteiger partial charge is 0.262 e. The highest BCUT2D eigenvalue weighted by Crippen LogP contribution is 2.24. The van der Waals surface area contributed by atoms with Gasteiger partial charge in [-0.15, -0.1) is 0 Å². The first-order valence-corrected chi connectivity index (χ1v) is 8.72. The molecule has 0 aliphatic carbocycles. The minimum Gasteiger partial charge on any atom is -0.381 e. The van der Waals surface area contributed by atoms with Crippen molar-refractivity contribution in [2.75, 3.05) is 26.8 Å². The van der Waals surface area contributed by atoms with Crippen LogP contribution in [0, 0.1) is 6.92 Å². The molecule has 1 aliphatic heterocycles. The van der Waals surface area contributed by atoms with Crippen molar-refractivity contribution in [1.82, 2.24) is 19.8 Å². The quantitative estimate of drug-likeness (QED) is 0.803. The molecular weight excluding hydrogens is 292 g/mol. The molecule has 0 saturated carbocycles. The van der Waals surface area contributed by atoms with Crippen molar-refractivity contribution >= 4 is 10.0 Å². The van der Waals surface area contributed by atoms with E-state index < -0.39 is 10.0 Å². The first-order valence-electron chi connectivity index (χ1n) is 7.28. The molecule has 2 N–H and O–H groups in total. The van der Waals surface area contributed by atoms with Crippen LogP contribution in [0.1, 0.15) is 31.0 Å². The van der Waals surface area contributed by atoms with Crippen LogP contribution in [0.15, 0.2) is 5.03 Å². The lowest BCUT2D eigenvalue weighted by Gasteiger charge is -2.30. The maximum absolute atomic E-state index is 12.8. The molecule has 1 saturated heterocycles. The highest BCUT2D eigenvalue weighted by Gasteiger charge is 2.33. The van der Waals surface area contributed by atoms with Crippen molar-refractivity contribution in [3.63, 3.8) is 0 Å². The van der Waals surface area contributed by atoms with Crippen LogP contribution in [-0.2, 0) is 21.3 Å². The molecule has 21 heavy (non-hydrogen) atoms. The fraction of sp³-hybridized carbons (Fsp3) is 0.769. The summed E-state index contributed by atoms with van der Waals surface area (Å²) in [5.41, 5.74) is 1.51. The molecule has 8 heteroatoms. The monoisotopic (exact) mass is 316 g/mol. The molecule has 1 aromatic heterocycles. The lowest BCUT2D eigenvalue weighted by Crippen LogP contribution is -2.41. The number of rotatable bonds is 6. The zero-order chi connectivity index (χ0) is 15.5. The van der Waals surface area contributed by atoms with Crippen LogP contribution in [0.25, 0.3) is 0 Å². The van der Waals surface area contributed by atoms with Crippen LogP contribution in [0.5, 0.6) is 0 Å². The summed E-state index contributed by atoms with van der Waals surface area (Å²) in [5, 5.41) is 10.1. The molecule has 0 unspecified atom stereocenters. The number of H-pyrrole nitrogens is 1. The molecule has 1 aliphatic rings. The highest BCUT2D eigenvalue weighted by atomic mass is 32.2. The summed E-state index contributed by atoms with van der Waals surface area (Å²) in [5.74, 6) is 0. The van der Waals surface area contributed by atoms with Gasteiger partial charge in [-0.3, -0.25) is 5.10 Å². The van der Waals surface area contributed by atoms with Crippen LogP contribution < -0.4 is 5.32 Å². The first-order chi connectivity index (χ1) is 9.98. The third kappa shape index (κ3) is 3.45. The minimum absolute atomic E-state index is 0.0206. The molecule has 120 valence electrons. The number of hydrogen-bond donors (Lipinski definition) is 2. The van der Waals surface area contributed by atoms with Gasteiger partial charge in [0.1, 0.15) is 0 Å². The third-order valence-corrected chi connectivity index (χ3v) is 5.80. The number of aromatic nitrogens is 2. The fourth-order valence-corrected chi connectivity index (χ4v) is 4.06. The first kappa shape index (κ1) is 16.4. The van der Waals surface area contributed by atoms with E-state index in [1.807, 2.05) is 13.8 Å². The van der Waals surface area contributed by atoms with Gasteiger partial charge in [-0.2, -0.15) is 9.40 Å². The summed E-state index contributed by atoms with van der Waals surface area (Å²) >= 11 is 0. The molecular formula is C13H24N4O3S. The molecule has 0 amide bonds. The predicted octanol–water partition coefficient (Wildman–Crippen LogP) is 0.627. The van der Waals surface area contributed by atoms with Gasteiger partial charge in [0.15, 0.2) is 5.03 Å². The Hall–Kier alpha value is -0.960. The van der Waals surface area contributed by atoms with E-state index in [2.05, 4.69) is 15.5 Å². The van der Waals surface area contributed by atoms with Gasteiger partial charge in [-0.1, -0.05) is 6.92 Å². The maximum Gasteiger partial charge on any atom is 0.262 e. The van der Waals surface area contributed by atoms with Gasteiger partial charge in [0.2, 0.25) is 0 Å². The number of hydrogen-bond acceptors (Lipinski definition) is 5. The van der Waals surface area contributed by atoms with Gasteiger partial charge in [0.25, 0.3) is 10.0 Å². The normalized spacial score (nSPS) is 17.5. The van der Waals surface area contributed by atoms with Gasteiger partial charge >= 0.3 is 0 Å². The number of nitrogens with one attached hydrogen (secondary N) is 2. The number of aromatic amines is 1.